The summed E-state index contributed by atoms with van der Waals surface area (Å²) in [5.41, 5.74) is 5.34. The Morgan fingerprint density at radius 2 is 1.73 bits per heavy atom. The highest BCUT2D eigenvalue weighted by atomic mass is 16.3. The summed E-state index contributed by atoms with van der Waals surface area (Å²) in [5.74, 6) is 0. The van der Waals surface area contributed by atoms with Gasteiger partial charge in [0.2, 0.25) is 0 Å². The molecule has 0 aliphatic carbocycles. The standard InChI is InChI=1S/C12H24N2O/c1-3-11(13,4-2)12(15)7-9-5-6-10(8-12)14-9/h9-10,14-15H,3-8,13H2,1-2H3. The van der Waals surface area contributed by atoms with Gasteiger partial charge in [-0.05, 0) is 38.5 Å². The molecule has 2 atom stereocenters. The van der Waals surface area contributed by atoms with Crippen molar-refractivity contribution in [2.45, 2.75) is 75.6 Å². The van der Waals surface area contributed by atoms with E-state index in [2.05, 4.69) is 19.2 Å². The first-order valence-corrected chi connectivity index (χ1v) is 6.30. The average molecular weight is 212 g/mol. The minimum Gasteiger partial charge on any atom is -0.388 e. The van der Waals surface area contributed by atoms with Crippen LogP contribution in [0.3, 0.4) is 0 Å². The molecule has 4 N–H and O–H groups in total. The van der Waals surface area contributed by atoms with Gasteiger partial charge in [0.15, 0.2) is 0 Å². The van der Waals surface area contributed by atoms with E-state index < -0.39 is 11.1 Å². The van der Waals surface area contributed by atoms with Crippen LogP contribution in [0.4, 0.5) is 0 Å². The lowest BCUT2D eigenvalue weighted by Gasteiger charge is -2.48. The fourth-order valence-electron chi connectivity index (χ4n) is 3.44. The molecule has 0 radical (unpaired) electrons. The highest BCUT2D eigenvalue weighted by molar-refractivity contribution is 5.10. The molecule has 2 saturated heterocycles. The van der Waals surface area contributed by atoms with E-state index in [0.29, 0.717) is 12.1 Å². The second-order valence-corrected chi connectivity index (χ2v) is 5.44. The molecule has 2 aliphatic heterocycles. The fraction of sp³-hybridized carbons (Fsp3) is 1.00. The van der Waals surface area contributed by atoms with Crippen LogP contribution in [0.1, 0.15) is 52.4 Å². The fourth-order valence-corrected chi connectivity index (χ4v) is 3.44. The summed E-state index contributed by atoms with van der Waals surface area (Å²) in [4.78, 5) is 0. The Hall–Kier alpha value is -0.120. The SMILES string of the molecule is CCC(N)(CC)C1(O)CC2CCC(C1)N2. The minimum absolute atomic E-state index is 0.393. The summed E-state index contributed by atoms with van der Waals surface area (Å²) in [7, 11) is 0. The van der Waals surface area contributed by atoms with Crippen molar-refractivity contribution in [1.82, 2.24) is 5.32 Å². The van der Waals surface area contributed by atoms with Gasteiger partial charge in [-0.3, -0.25) is 0 Å². The van der Waals surface area contributed by atoms with Crippen LogP contribution in [-0.2, 0) is 0 Å². The van der Waals surface area contributed by atoms with Crippen LogP contribution in [-0.4, -0.2) is 28.3 Å². The van der Waals surface area contributed by atoms with Crippen LogP contribution in [0.2, 0.25) is 0 Å². The third-order valence-corrected chi connectivity index (χ3v) is 4.69. The molecule has 88 valence electrons. The Kier molecular flexibility index (Phi) is 2.82. The van der Waals surface area contributed by atoms with Crippen molar-refractivity contribution in [3.8, 4) is 0 Å². The summed E-state index contributed by atoms with van der Waals surface area (Å²) in [6, 6.07) is 0.990. The molecule has 0 aromatic rings. The lowest BCUT2D eigenvalue weighted by Crippen LogP contribution is -2.65. The summed E-state index contributed by atoms with van der Waals surface area (Å²) < 4.78 is 0. The van der Waals surface area contributed by atoms with Crippen molar-refractivity contribution < 1.29 is 5.11 Å². The highest BCUT2D eigenvalue weighted by Gasteiger charge is 2.51. The molecule has 3 heteroatoms. The number of nitrogens with two attached hydrogens (primary N) is 1. The predicted molar refractivity (Wildman–Crippen MR) is 61.6 cm³/mol. The molecular formula is C12H24N2O. The van der Waals surface area contributed by atoms with Crippen molar-refractivity contribution >= 4 is 0 Å². The smallest absolute Gasteiger partial charge is 0.0855 e. The topological polar surface area (TPSA) is 58.3 Å². The number of hydrogen-bond acceptors (Lipinski definition) is 3. The first-order valence-electron chi connectivity index (χ1n) is 6.30. The van der Waals surface area contributed by atoms with E-state index in [0.717, 1.165) is 25.7 Å². The summed E-state index contributed by atoms with van der Waals surface area (Å²) >= 11 is 0. The maximum Gasteiger partial charge on any atom is 0.0855 e. The number of aliphatic hydroxyl groups is 1. The van der Waals surface area contributed by atoms with Gasteiger partial charge >= 0.3 is 0 Å². The lowest BCUT2D eigenvalue weighted by molar-refractivity contribution is -0.0752. The van der Waals surface area contributed by atoms with Crippen molar-refractivity contribution in [1.29, 1.82) is 0 Å². The Morgan fingerprint density at radius 3 is 2.13 bits per heavy atom. The zero-order valence-electron chi connectivity index (χ0n) is 9.92. The first-order chi connectivity index (χ1) is 7.03. The van der Waals surface area contributed by atoms with Gasteiger partial charge in [-0.2, -0.15) is 0 Å². The molecule has 0 aromatic heterocycles. The maximum absolute atomic E-state index is 10.8. The number of nitrogens with one attached hydrogen (secondary N) is 1. The molecule has 0 spiro atoms. The van der Waals surface area contributed by atoms with E-state index in [1.807, 2.05) is 0 Å². The van der Waals surface area contributed by atoms with Crippen LogP contribution < -0.4 is 11.1 Å². The predicted octanol–water partition coefficient (Wildman–Crippen LogP) is 1.15. The molecule has 2 fully saturated rings. The van der Waals surface area contributed by atoms with Gasteiger partial charge in [0, 0.05) is 17.6 Å². The first kappa shape index (κ1) is 11.4. The van der Waals surface area contributed by atoms with E-state index >= 15 is 0 Å². The highest BCUT2D eigenvalue weighted by Crippen LogP contribution is 2.41. The van der Waals surface area contributed by atoms with Gasteiger partial charge in [0.25, 0.3) is 0 Å². The third kappa shape index (κ3) is 1.71. The largest absolute Gasteiger partial charge is 0.388 e. The van der Waals surface area contributed by atoms with E-state index in [1.54, 1.807) is 0 Å². The lowest BCUT2D eigenvalue weighted by atomic mass is 9.69. The van der Waals surface area contributed by atoms with Gasteiger partial charge in [-0.1, -0.05) is 13.8 Å². The number of rotatable bonds is 3. The number of fused-ring (bicyclic) bond motifs is 2. The second-order valence-electron chi connectivity index (χ2n) is 5.44. The summed E-state index contributed by atoms with van der Waals surface area (Å²) in [6.45, 7) is 4.18. The van der Waals surface area contributed by atoms with E-state index in [9.17, 15) is 5.11 Å². The molecule has 3 nitrogen and oxygen atoms in total. The minimum atomic E-state index is -0.645. The Bertz CT molecular complexity index is 226. The number of piperidine rings is 1. The van der Waals surface area contributed by atoms with E-state index in [-0.39, 0.29) is 0 Å². The van der Waals surface area contributed by atoms with Gasteiger partial charge in [0.1, 0.15) is 0 Å². The molecule has 15 heavy (non-hydrogen) atoms. The van der Waals surface area contributed by atoms with Gasteiger partial charge < -0.3 is 16.2 Å². The molecule has 2 aliphatic rings. The molecular weight excluding hydrogens is 188 g/mol. The Balaban J connectivity index is 2.19. The van der Waals surface area contributed by atoms with E-state index in [1.165, 1.54) is 12.8 Å². The monoisotopic (exact) mass is 212 g/mol. The summed E-state index contributed by atoms with van der Waals surface area (Å²) in [6.07, 6.45) is 5.80. The van der Waals surface area contributed by atoms with Crippen molar-refractivity contribution in [3.05, 3.63) is 0 Å². The van der Waals surface area contributed by atoms with Crippen LogP contribution >= 0.6 is 0 Å². The average Bonchev–Trinajstić information content (AvgIpc) is 2.57. The van der Waals surface area contributed by atoms with Gasteiger partial charge in [0.05, 0.1) is 5.60 Å². The third-order valence-electron chi connectivity index (χ3n) is 4.69. The van der Waals surface area contributed by atoms with Gasteiger partial charge in [-0.15, -0.1) is 0 Å². The second kappa shape index (κ2) is 3.72. The molecule has 2 bridgehead atoms. The molecule has 2 heterocycles. The van der Waals surface area contributed by atoms with Crippen molar-refractivity contribution in [2.75, 3.05) is 0 Å². The normalized spacial score (nSPS) is 40.8. The zero-order valence-corrected chi connectivity index (χ0v) is 9.92. The van der Waals surface area contributed by atoms with Crippen LogP contribution in [0, 0.1) is 0 Å². The zero-order chi connectivity index (χ0) is 11.1. The molecule has 2 unspecified atom stereocenters. The van der Waals surface area contributed by atoms with Crippen molar-refractivity contribution in [2.24, 2.45) is 5.73 Å². The summed E-state index contributed by atoms with van der Waals surface area (Å²) in [5, 5.41) is 14.4. The quantitative estimate of drug-likeness (QED) is 0.658. The van der Waals surface area contributed by atoms with E-state index in [4.69, 9.17) is 5.73 Å². The molecule has 0 amide bonds. The molecule has 0 saturated carbocycles. The Labute approximate surface area is 92.4 Å². The van der Waals surface area contributed by atoms with Crippen LogP contribution in [0.15, 0.2) is 0 Å². The van der Waals surface area contributed by atoms with Crippen LogP contribution in [0.25, 0.3) is 0 Å². The van der Waals surface area contributed by atoms with Crippen molar-refractivity contribution in [3.63, 3.8) is 0 Å². The van der Waals surface area contributed by atoms with Gasteiger partial charge in [-0.25, -0.2) is 0 Å². The molecule has 0 aromatic carbocycles. The molecule has 2 rings (SSSR count). The van der Waals surface area contributed by atoms with Crippen LogP contribution in [0.5, 0.6) is 0 Å². The Morgan fingerprint density at radius 1 is 1.27 bits per heavy atom. The number of hydrogen-bond donors (Lipinski definition) is 3. The maximum atomic E-state index is 10.8.